The molecule has 0 radical (unpaired) electrons. The van der Waals surface area contributed by atoms with Gasteiger partial charge in [0.15, 0.2) is 0 Å². The van der Waals surface area contributed by atoms with E-state index in [1.165, 1.54) is 40.1 Å². The molecule has 3 aromatic carbocycles. The van der Waals surface area contributed by atoms with Crippen LogP contribution in [0, 0.1) is 13.8 Å². The molecule has 0 nitrogen and oxygen atoms in total. The van der Waals surface area contributed by atoms with E-state index >= 15 is 0 Å². The van der Waals surface area contributed by atoms with Crippen LogP contribution in [0.5, 0.6) is 0 Å². The summed E-state index contributed by atoms with van der Waals surface area (Å²) in [4.78, 5) is 3.96. The molecule has 25 heavy (non-hydrogen) atoms. The molecule has 0 aliphatic carbocycles. The Morgan fingerprint density at radius 2 is 1.20 bits per heavy atom. The lowest BCUT2D eigenvalue weighted by Crippen LogP contribution is -1.77. The Hall–Kier alpha value is -1.68. The quantitative estimate of drug-likeness (QED) is 0.355. The van der Waals surface area contributed by atoms with E-state index in [1.54, 1.807) is 0 Å². The highest BCUT2D eigenvalue weighted by Crippen LogP contribution is 2.48. The van der Waals surface area contributed by atoms with Crippen molar-refractivity contribution in [2.45, 2.75) is 32.7 Å². The Morgan fingerprint density at radius 3 is 1.84 bits per heavy atom. The molecule has 1 heterocycles. The molecule has 0 saturated heterocycles. The van der Waals surface area contributed by atoms with Crippen molar-refractivity contribution in [2.75, 3.05) is 0 Å². The van der Waals surface area contributed by atoms with Gasteiger partial charge in [0, 0.05) is 24.8 Å². The van der Waals surface area contributed by atoms with Crippen LogP contribution in [-0.4, -0.2) is 0 Å². The number of hydrogen-bond donors (Lipinski definition) is 0. The maximum absolute atomic E-state index is 2.24. The first-order valence-corrected chi connectivity index (χ1v) is 10.6. The Kier molecular flexibility index (Phi) is 4.89. The molecule has 0 saturated carbocycles. The maximum atomic E-state index is 2.24. The van der Waals surface area contributed by atoms with E-state index in [9.17, 15) is 0 Å². The van der Waals surface area contributed by atoms with E-state index in [0.29, 0.717) is 0 Å². The molecule has 4 aromatic rings. The summed E-state index contributed by atoms with van der Waals surface area (Å²) in [6.07, 6.45) is 0. The first-order chi connectivity index (χ1) is 12.2. The van der Waals surface area contributed by atoms with E-state index in [1.807, 2.05) is 34.9 Å². The number of hydrogen-bond acceptors (Lipinski definition) is 3. The highest BCUT2D eigenvalue weighted by Gasteiger charge is 2.14. The van der Waals surface area contributed by atoms with Gasteiger partial charge < -0.3 is 0 Å². The molecule has 0 N–H and O–H groups in total. The molecule has 124 valence electrons. The topological polar surface area (TPSA) is 0 Å². The van der Waals surface area contributed by atoms with E-state index < -0.39 is 0 Å². The van der Waals surface area contributed by atoms with E-state index in [4.69, 9.17) is 0 Å². The zero-order chi connectivity index (χ0) is 17.2. The van der Waals surface area contributed by atoms with Crippen LogP contribution in [0.25, 0.3) is 10.1 Å². The van der Waals surface area contributed by atoms with Crippen molar-refractivity contribution >= 4 is 44.9 Å². The Balaban J connectivity index is 1.74. The predicted molar refractivity (Wildman–Crippen MR) is 112 cm³/mol. The Labute approximate surface area is 161 Å². The fraction of sp³-hybridized carbons (Fsp3) is 0.0909. The second kappa shape index (κ2) is 7.28. The fourth-order valence-corrected chi connectivity index (χ4v) is 6.29. The fourth-order valence-electron chi connectivity index (χ4n) is 2.60. The number of thiophene rings is 1. The lowest BCUT2D eigenvalue weighted by Gasteiger charge is -2.06. The van der Waals surface area contributed by atoms with Gasteiger partial charge in [-0.05, 0) is 44.2 Å². The third-order valence-corrected chi connectivity index (χ3v) is 7.75. The summed E-state index contributed by atoms with van der Waals surface area (Å²) < 4.78 is 2.72. The largest absolute Gasteiger partial charge is 0.127 e. The van der Waals surface area contributed by atoms with Gasteiger partial charge in [0.2, 0.25) is 0 Å². The van der Waals surface area contributed by atoms with Crippen LogP contribution in [-0.2, 0) is 0 Å². The summed E-state index contributed by atoms with van der Waals surface area (Å²) in [6, 6.07) is 26.3. The van der Waals surface area contributed by atoms with Crippen LogP contribution >= 0.6 is 34.9 Å². The van der Waals surface area contributed by atoms with E-state index in [0.717, 1.165) is 0 Å². The predicted octanol–water partition coefficient (Wildman–Crippen LogP) is 7.82. The van der Waals surface area contributed by atoms with Crippen molar-refractivity contribution in [3.63, 3.8) is 0 Å². The molecule has 0 atom stereocenters. The summed E-state index contributed by atoms with van der Waals surface area (Å²) in [6.45, 7) is 4.26. The number of aryl methyl sites for hydroxylation is 2. The average molecular weight is 379 g/mol. The van der Waals surface area contributed by atoms with Gasteiger partial charge in [-0.15, -0.1) is 11.3 Å². The van der Waals surface area contributed by atoms with Crippen LogP contribution < -0.4 is 0 Å². The van der Waals surface area contributed by atoms with Gasteiger partial charge in [0.1, 0.15) is 0 Å². The molecule has 0 aliphatic rings. The highest BCUT2D eigenvalue weighted by atomic mass is 32.2. The zero-order valence-electron chi connectivity index (χ0n) is 14.2. The normalized spacial score (nSPS) is 11.1. The first kappa shape index (κ1) is 16.8. The minimum absolute atomic E-state index is 1.29. The second-order valence-electron chi connectivity index (χ2n) is 6.05. The number of fused-ring (bicyclic) bond motifs is 1. The third kappa shape index (κ3) is 3.79. The smallest absolute Gasteiger partial charge is 0.0798 e. The SMILES string of the molecule is Cc1ccc(Sc2sc3ccccc3c2Sc2ccc(C)cc2)cc1. The van der Waals surface area contributed by atoms with Gasteiger partial charge in [-0.25, -0.2) is 0 Å². The number of rotatable bonds is 4. The summed E-state index contributed by atoms with van der Waals surface area (Å²) in [5.41, 5.74) is 2.60. The third-order valence-electron chi connectivity index (χ3n) is 3.99. The summed E-state index contributed by atoms with van der Waals surface area (Å²) in [5, 5.41) is 1.35. The maximum Gasteiger partial charge on any atom is 0.0798 e. The van der Waals surface area contributed by atoms with E-state index in [2.05, 4.69) is 86.6 Å². The van der Waals surface area contributed by atoms with Gasteiger partial charge in [-0.3, -0.25) is 0 Å². The lowest BCUT2D eigenvalue weighted by molar-refractivity contribution is 1.34. The first-order valence-electron chi connectivity index (χ1n) is 8.19. The molecular weight excluding hydrogens is 360 g/mol. The second-order valence-corrected chi connectivity index (χ2v) is 9.52. The van der Waals surface area contributed by atoms with Crippen LogP contribution in [0.4, 0.5) is 0 Å². The molecule has 0 unspecified atom stereocenters. The Morgan fingerprint density at radius 1 is 0.640 bits per heavy atom. The Bertz CT molecular complexity index is 996. The molecule has 1 aromatic heterocycles. The average Bonchev–Trinajstić information content (AvgIpc) is 2.96. The molecule has 0 amide bonds. The molecular formula is C22H18S3. The molecule has 0 aliphatic heterocycles. The van der Waals surface area contributed by atoms with Crippen LogP contribution in [0.1, 0.15) is 11.1 Å². The summed E-state index contributed by atoms with van der Waals surface area (Å²) in [7, 11) is 0. The summed E-state index contributed by atoms with van der Waals surface area (Å²) in [5.74, 6) is 0. The van der Waals surface area contributed by atoms with Gasteiger partial charge in [-0.1, -0.05) is 77.1 Å². The molecule has 0 bridgehead atoms. The number of benzene rings is 3. The monoisotopic (exact) mass is 378 g/mol. The lowest BCUT2D eigenvalue weighted by atomic mass is 10.2. The van der Waals surface area contributed by atoms with E-state index in [-0.39, 0.29) is 0 Å². The van der Waals surface area contributed by atoms with Crippen LogP contribution in [0.3, 0.4) is 0 Å². The highest BCUT2D eigenvalue weighted by molar-refractivity contribution is 8.04. The zero-order valence-corrected chi connectivity index (χ0v) is 16.6. The van der Waals surface area contributed by atoms with Crippen molar-refractivity contribution in [3.8, 4) is 0 Å². The van der Waals surface area contributed by atoms with Crippen LogP contribution in [0.15, 0.2) is 91.7 Å². The van der Waals surface area contributed by atoms with Gasteiger partial charge in [-0.2, -0.15) is 0 Å². The van der Waals surface area contributed by atoms with Crippen molar-refractivity contribution in [3.05, 3.63) is 83.9 Å². The van der Waals surface area contributed by atoms with Gasteiger partial charge in [0.05, 0.1) is 4.21 Å². The minimum atomic E-state index is 1.29. The molecule has 4 rings (SSSR count). The molecule has 0 fully saturated rings. The molecule has 3 heteroatoms. The van der Waals surface area contributed by atoms with Crippen molar-refractivity contribution in [1.29, 1.82) is 0 Å². The minimum Gasteiger partial charge on any atom is -0.127 e. The standard InChI is InChI=1S/C22H18S3/c1-15-7-11-17(12-8-15)23-21-19-5-3-4-6-20(19)25-22(21)24-18-13-9-16(2)10-14-18/h3-14H,1-2H3. The molecule has 0 spiro atoms. The van der Waals surface area contributed by atoms with Crippen molar-refractivity contribution < 1.29 is 0 Å². The van der Waals surface area contributed by atoms with Crippen molar-refractivity contribution in [2.24, 2.45) is 0 Å². The van der Waals surface area contributed by atoms with Crippen LogP contribution in [0.2, 0.25) is 0 Å². The van der Waals surface area contributed by atoms with Crippen molar-refractivity contribution in [1.82, 2.24) is 0 Å². The van der Waals surface area contributed by atoms with Gasteiger partial charge >= 0.3 is 0 Å². The summed E-state index contributed by atoms with van der Waals surface area (Å²) >= 11 is 5.63. The van der Waals surface area contributed by atoms with Gasteiger partial charge in [0.25, 0.3) is 0 Å².